The highest BCUT2D eigenvalue weighted by molar-refractivity contribution is 9.10. The molecule has 0 aliphatic heterocycles. The molecule has 0 unspecified atom stereocenters. The maximum absolute atomic E-state index is 12.3. The third kappa shape index (κ3) is 3.76. The van der Waals surface area contributed by atoms with Crippen molar-refractivity contribution in [3.63, 3.8) is 0 Å². The van der Waals surface area contributed by atoms with E-state index in [9.17, 15) is 14.9 Å². The molecular weight excluding hydrogens is 334 g/mol. The van der Waals surface area contributed by atoms with Crippen molar-refractivity contribution in [3.05, 3.63) is 73.2 Å². The first-order valence-corrected chi connectivity index (χ1v) is 7.20. The Morgan fingerprint density at radius 2 is 1.86 bits per heavy atom. The molecule has 4 nitrogen and oxygen atoms in total. The van der Waals surface area contributed by atoms with Gasteiger partial charge in [-0.25, -0.2) is 0 Å². The monoisotopic (exact) mass is 347 g/mol. The largest absolute Gasteiger partial charge is 0.294 e. The molecule has 0 aliphatic carbocycles. The van der Waals surface area contributed by atoms with Gasteiger partial charge in [0.25, 0.3) is 5.69 Å². The Hall–Kier alpha value is -2.01. The number of aryl methyl sites for hydroxylation is 2. The lowest BCUT2D eigenvalue weighted by molar-refractivity contribution is -0.385. The van der Waals surface area contributed by atoms with E-state index in [-0.39, 0.29) is 17.9 Å². The molecule has 2 aromatic carbocycles. The van der Waals surface area contributed by atoms with Crippen LogP contribution in [0, 0.1) is 24.0 Å². The van der Waals surface area contributed by atoms with Crippen LogP contribution in [0.4, 0.5) is 5.69 Å². The van der Waals surface area contributed by atoms with Crippen LogP contribution in [0.2, 0.25) is 0 Å². The van der Waals surface area contributed by atoms with Crippen molar-refractivity contribution in [1.82, 2.24) is 0 Å². The molecule has 108 valence electrons. The fraction of sp³-hybridized carbons (Fsp3) is 0.188. The number of nitrogens with zero attached hydrogens (tertiary/aromatic N) is 1. The zero-order chi connectivity index (χ0) is 15.6. The quantitative estimate of drug-likeness (QED) is 0.467. The van der Waals surface area contributed by atoms with Crippen LogP contribution in [0.25, 0.3) is 0 Å². The van der Waals surface area contributed by atoms with Crippen molar-refractivity contribution in [1.29, 1.82) is 0 Å². The average Bonchev–Trinajstić information content (AvgIpc) is 2.42. The molecule has 0 aromatic heterocycles. The summed E-state index contributed by atoms with van der Waals surface area (Å²) in [6.07, 6.45) is 0.231. The molecule has 0 bridgehead atoms. The minimum Gasteiger partial charge on any atom is -0.294 e. The van der Waals surface area contributed by atoms with Crippen molar-refractivity contribution in [2.75, 3.05) is 0 Å². The average molecular weight is 348 g/mol. The molecule has 0 saturated heterocycles. The Kier molecular flexibility index (Phi) is 4.53. The molecule has 0 spiro atoms. The van der Waals surface area contributed by atoms with E-state index in [1.54, 1.807) is 6.07 Å². The molecule has 5 heteroatoms. The number of rotatable bonds is 4. The van der Waals surface area contributed by atoms with Gasteiger partial charge in [-0.3, -0.25) is 14.9 Å². The first kappa shape index (κ1) is 15.4. The molecule has 0 fully saturated rings. The van der Waals surface area contributed by atoms with Crippen LogP contribution in [0.5, 0.6) is 0 Å². The second-order valence-corrected chi connectivity index (χ2v) is 5.89. The second-order valence-electron chi connectivity index (χ2n) is 4.97. The van der Waals surface area contributed by atoms with E-state index < -0.39 is 4.92 Å². The van der Waals surface area contributed by atoms with Gasteiger partial charge in [0.2, 0.25) is 0 Å². The third-order valence-corrected chi connectivity index (χ3v) is 3.81. The van der Waals surface area contributed by atoms with Gasteiger partial charge in [-0.15, -0.1) is 0 Å². The molecule has 0 amide bonds. The summed E-state index contributed by atoms with van der Waals surface area (Å²) >= 11 is 3.20. The maximum atomic E-state index is 12.3. The van der Waals surface area contributed by atoms with Gasteiger partial charge < -0.3 is 0 Å². The van der Waals surface area contributed by atoms with Crippen LogP contribution in [0.3, 0.4) is 0 Å². The van der Waals surface area contributed by atoms with Crippen LogP contribution in [-0.2, 0) is 6.42 Å². The smallest absolute Gasteiger partial charge is 0.271 e. The molecule has 2 rings (SSSR count). The molecule has 2 aromatic rings. The minimum atomic E-state index is -0.502. The van der Waals surface area contributed by atoms with Crippen molar-refractivity contribution >= 4 is 27.4 Å². The zero-order valence-corrected chi connectivity index (χ0v) is 13.3. The summed E-state index contributed by atoms with van der Waals surface area (Å²) in [5.74, 6) is -0.136. The normalized spacial score (nSPS) is 10.4. The van der Waals surface area contributed by atoms with Crippen LogP contribution in [0.15, 0.2) is 40.9 Å². The van der Waals surface area contributed by atoms with Crippen molar-refractivity contribution in [2.24, 2.45) is 0 Å². The van der Waals surface area contributed by atoms with E-state index >= 15 is 0 Å². The predicted octanol–water partition coefficient (Wildman–Crippen LogP) is 4.40. The molecular formula is C16H14BrNO3. The Balaban J connectivity index is 2.27. The minimum absolute atomic E-state index is 0.0900. The summed E-state index contributed by atoms with van der Waals surface area (Å²) in [5.41, 5.74) is 3.46. The highest BCUT2D eigenvalue weighted by Gasteiger charge is 2.14. The number of Topliss-reactive ketones (excluding diaryl/α,β-unsaturated/α-hetero) is 1. The topological polar surface area (TPSA) is 60.2 Å². The van der Waals surface area contributed by atoms with E-state index in [4.69, 9.17) is 0 Å². The summed E-state index contributed by atoms with van der Waals surface area (Å²) in [7, 11) is 0. The van der Waals surface area contributed by atoms with E-state index in [0.717, 1.165) is 11.1 Å². The van der Waals surface area contributed by atoms with E-state index in [2.05, 4.69) is 15.9 Å². The van der Waals surface area contributed by atoms with Crippen molar-refractivity contribution in [2.45, 2.75) is 20.3 Å². The zero-order valence-electron chi connectivity index (χ0n) is 11.7. The molecule has 0 saturated carbocycles. The standard InChI is InChI=1S/C16H14BrNO3/c1-10-3-4-12(5-11(10)2)6-16(19)13-7-14(17)9-15(8-13)18(20)21/h3-5,7-9H,6H2,1-2H3. The number of ketones is 1. The number of non-ortho nitro benzene ring substituents is 1. The third-order valence-electron chi connectivity index (χ3n) is 3.35. The lowest BCUT2D eigenvalue weighted by atomic mass is 9.99. The summed E-state index contributed by atoms with van der Waals surface area (Å²) < 4.78 is 0.528. The lowest BCUT2D eigenvalue weighted by Gasteiger charge is -2.05. The molecule has 0 heterocycles. The Morgan fingerprint density at radius 1 is 1.14 bits per heavy atom. The fourth-order valence-corrected chi connectivity index (χ4v) is 2.52. The number of nitro benzene ring substituents is 1. The van der Waals surface area contributed by atoms with Gasteiger partial charge in [-0.2, -0.15) is 0 Å². The predicted molar refractivity (Wildman–Crippen MR) is 84.7 cm³/mol. The highest BCUT2D eigenvalue weighted by atomic mass is 79.9. The van der Waals surface area contributed by atoms with Crippen LogP contribution < -0.4 is 0 Å². The first-order chi connectivity index (χ1) is 9.86. The maximum Gasteiger partial charge on any atom is 0.271 e. The lowest BCUT2D eigenvalue weighted by Crippen LogP contribution is -2.05. The number of hydrogen-bond acceptors (Lipinski definition) is 3. The van der Waals surface area contributed by atoms with Crippen LogP contribution in [-0.4, -0.2) is 10.7 Å². The first-order valence-electron chi connectivity index (χ1n) is 6.41. The Labute approximate surface area is 131 Å². The van der Waals surface area contributed by atoms with Gasteiger partial charge in [0.1, 0.15) is 0 Å². The van der Waals surface area contributed by atoms with Gasteiger partial charge in [-0.1, -0.05) is 34.1 Å². The Bertz CT molecular complexity index is 725. The van der Waals surface area contributed by atoms with Gasteiger partial charge in [-0.05, 0) is 36.6 Å². The fourth-order valence-electron chi connectivity index (χ4n) is 2.04. The van der Waals surface area contributed by atoms with Gasteiger partial charge >= 0.3 is 0 Å². The van der Waals surface area contributed by atoms with Crippen LogP contribution in [0.1, 0.15) is 27.0 Å². The second kappa shape index (κ2) is 6.18. The molecule has 0 N–H and O–H groups in total. The number of hydrogen-bond donors (Lipinski definition) is 0. The van der Waals surface area contributed by atoms with Gasteiger partial charge in [0, 0.05) is 28.6 Å². The summed E-state index contributed by atoms with van der Waals surface area (Å²) in [4.78, 5) is 22.6. The van der Waals surface area contributed by atoms with E-state index in [1.807, 2.05) is 32.0 Å². The summed E-state index contributed by atoms with van der Waals surface area (Å²) in [5, 5.41) is 10.8. The van der Waals surface area contributed by atoms with Crippen molar-refractivity contribution in [3.8, 4) is 0 Å². The Morgan fingerprint density at radius 3 is 2.48 bits per heavy atom. The summed E-state index contributed by atoms with van der Waals surface area (Å²) in [6.45, 7) is 4.01. The molecule has 0 atom stereocenters. The number of carbonyl (C=O) groups is 1. The summed E-state index contributed by atoms with van der Waals surface area (Å²) in [6, 6.07) is 10.2. The van der Waals surface area contributed by atoms with E-state index in [0.29, 0.717) is 10.0 Å². The molecule has 0 radical (unpaired) electrons. The number of nitro groups is 1. The number of benzene rings is 2. The van der Waals surface area contributed by atoms with Crippen molar-refractivity contribution < 1.29 is 9.72 Å². The molecule has 21 heavy (non-hydrogen) atoms. The number of halogens is 1. The van der Waals surface area contributed by atoms with E-state index in [1.165, 1.54) is 17.7 Å². The van der Waals surface area contributed by atoms with Gasteiger partial charge in [0.05, 0.1) is 4.92 Å². The van der Waals surface area contributed by atoms with Gasteiger partial charge in [0.15, 0.2) is 5.78 Å². The number of carbonyl (C=O) groups excluding carboxylic acids is 1. The van der Waals surface area contributed by atoms with Crippen LogP contribution >= 0.6 is 15.9 Å². The molecule has 0 aliphatic rings. The highest BCUT2D eigenvalue weighted by Crippen LogP contribution is 2.22. The SMILES string of the molecule is Cc1ccc(CC(=O)c2cc(Br)cc([N+](=O)[O-])c2)cc1C.